The van der Waals surface area contributed by atoms with Crippen molar-refractivity contribution < 1.29 is 14.9 Å². The Morgan fingerprint density at radius 3 is 2.53 bits per heavy atom. The second-order valence-electron chi connectivity index (χ2n) is 3.36. The molecule has 3 nitrogen and oxygen atoms in total. The van der Waals surface area contributed by atoms with Gasteiger partial charge in [-0.3, -0.25) is 0 Å². The van der Waals surface area contributed by atoms with E-state index in [-0.39, 0.29) is 5.75 Å². The molecule has 1 unspecified atom stereocenters. The van der Waals surface area contributed by atoms with Crippen molar-refractivity contribution in [1.29, 1.82) is 0 Å². The summed E-state index contributed by atoms with van der Waals surface area (Å²) in [6, 6.07) is 6.51. The zero-order valence-corrected chi connectivity index (χ0v) is 8.13. The second kappa shape index (κ2) is 4.19. The zero-order valence-electron chi connectivity index (χ0n) is 8.13. The van der Waals surface area contributed by atoms with Crippen molar-refractivity contribution in [2.75, 3.05) is 0 Å². The molecule has 0 spiro atoms. The number of phenolic OH excluding ortho intramolecular Hbond substituents is 1. The minimum Gasteiger partial charge on any atom is -0.508 e. The van der Waals surface area contributed by atoms with Crippen LogP contribution in [0.2, 0.25) is 0 Å². The summed E-state index contributed by atoms with van der Waals surface area (Å²) in [5, 5.41) is 18.3. The van der Waals surface area contributed by atoms with Gasteiger partial charge in [0, 0.05) is 0 Å². The van der Waals surface area contributed by atoms with Gasteiger partial charge in [-0.1, -0.05) is 6.08 Å². The van der Waals surface area contributed by atoms with Crippen LogP contribution in [0.5, 0.6) is 11.5 Å². The topological polar surface area (TPSA) is 49.7 Å². The molecule has 1 aromatic rings. The minimum absolute atomic E-state index is 0.214. The maximum atomic E-state index is 9.21. The maximum Gasteiger partial charge on any atom is 0.127 e. The van der Waals surface area contributed by atoms with E-state index in [1.54, 1.807) is 36.4 Å². The number of allylic oxidation sites excluding steroid dienone is 1. The van der Waals surface area contributed by atoms with Gasteiger partial charge >= 0.3 is 0 Å². The van der Waals surface area contributed by atoms with Crippen molar-refractivity contribution in [3.8, 4) is 11.5 Å². The lowest BCUT2D eigenvalue weighted by Gasteiger charge is -2.12. The molecule has 0 amide bonds. The van der Waals surface area contributed by atoms with E-state index < -0.39 is 6.10 Å². The Bertz CT molecular complexity index is 390. The lowest BCUT2D eigenvalue weighted by Crippen LogP contribution is -2.06. The highest BCUT2D eigenvalue weighted by Gasteiger charge is 2.06. The molecule has 1 aromatic carbocycles. The number of hydrogen-bond donors (Lipinski definition) is 2. The summed E-state index contributed by atoms with van der Waals surface area (Å²) in [6.07, 6.45) is 5.43. The summed E-state index contributed by atoms with van der Waals surface area (Å²) in [4.78, 5) is 0. The van der Waals surface area contributed by atoms with Gasteiger partial charge < -0.3 is 14.9 Å². The molecular weight excluding hydrogens is 192 g/mol. The van der Waals surface area contributed by atoms with Gasteiger partial charge in [0.2, 0.25) is 0 Å². The number of ether oxygens (including phenoxy) is 1. The third-order valence-electron chi connectivity index (χ3n) is 2.12. The van der Waals surface area contributed by atoms with E-state index in [1.807, 2.05) is 6.08 Å². The molecule has 1 aliphatic rings. The quantitative estimate of drug-likeness (QED) is 0.774. The zero-order chi connectivity index (χ0) is 10.7. The van der Waals surface area contributed by atoms with Gasteiger partial charge in [-0.25, -0.2) is 0 Å². The van der Waals surface area contributed by atoms with E-state index in [1.165, 1.54) is 0 Å². The van der Waals surface area contributed by atoms with Crippen molar-refractivity contribution in [3.05, 3.63) is 48.3 Å². The molecule has 0 radical (unpaired) electrons. The van der Waals surface area contributed by atoms with Crippen molar-refractivity contribution >= 4 is 0 Å². The summed E-state index contributed by atoms with van der Waals surface area (Å²) in [6.45, 7) is 0. The van der Waals surface area contributed by atoms with E-state index in [0.717, 1.165) is 0 Å². The lowest BCUT2D eigenvalue weighted by atomic mass is 10.1. The minimum atomic E-state index is -0.405. The highest BCUT2D eigenvalue weighted by molar-refractivity contribution is 5.33. The Hall–Kier alpha value is -1.74. The fraction of sp³-hybridized carbons (Fsp3) is 0.167. The number of aromatic hydroxyl groups is 1. The number of aliphatic hydroxyl groups excluding tert-OH is 1. The molecule has 0 bridgehead atoms. The Morgan fingerprint density at radius 1 is 1.20 bits per heavy atom. The molecule has 78 valence electrons. The van der Waals surface area contributed by atoms with Crippen LogP contribution in [0.3, 0.4) is 0 Å². The summed E-state index contributed by atoms with van der Waals surface area (Å²) in [5.41, 5.74) is 0. The summed E-state index contributed by atoms with van der Waals surface area (Å²) >= 11 is 0. The number of hydrogen-bond acceptors (Lipinski definition) is 3. The van der Waals surface area contributed by atoms with Gasteiger partial charge in [0.15, 0.2) is 0 Å². The molecule has 3 heteroatoms. The second-order valence-corrected chi connectivity index (χ2v) is 3.36. The summed E-state index contributed by atoms with van der Waals surface area (Å²) in [7, 11) is 0. The van der Waals surface area contributed by atoms with Gasteiger partial charge in [-0.15, -0.1) is 0 Å². The van der Waals surface area contributed by atoms with Crippen molar-refractivity contribution in [1.82, 2.24) is 0 Å². The van der Waals surface area contributed by atoms with Gasteiger partial charge in [0.05, 0.1) is 6.10 Å². The van der Waals surface area contributed by atoms with Crippen LogP contribution < -0.4 is 4.74 Å². The molecule has 1 aliphatic carbocycles. The predicted octanol–water partition coefficient (Wildman–Crippen LogP) is 1.98. The van der Waals surface area contributed by atoms with Crippen LogP contribution in [0.15, 0.2) is 48.3 Å². The summed E-state index contributed by atoms with van der Waals surface area (Å²) in [5.74, 6) is 1.59. The first-order valence-electron chi connectivity index (χ1n) is 4.77. The van der Waals surface area contributed by atoms with Gasteiger partial charge in [0.1, 0.15) is 17.3 Å². The molecule has 2 N–H and O–H groups in total. The first-order chi connectivity index (χ1) is 7.24. The van der Waals surface area contributed by atoms with Gasteiger partial charge in [-0.05, 0) is 42.8 Å². The van der Waals surface area contributed by atoms with Gasteiger partial charge in [-0.2, -0.15) is 0 Å². The fourth-order valence-electron chi connectivity index (χ4n) is 1.32. The smallest absolute Gasteiger partial charge is 0.127 e. The largest absolute Gasteiger partial charge is 0.508 e. The average molecular weight is 204 g/mol. The molecule has 1 atom stereocenters. The molecular formula is C12H12O3. The Labute approximate surface area is 87.9 Å². The standard InChI is InChI=1S/C12H12O3/c13-9-1-5-11(6-2-9)15-12-7-3-10(14)4-8-12/h1-3,5-8,10,13-14H,4H2. The van der Waals surface area contributed by atoms with Crippen LogP contribution in [-0.4, -0.2) is 16.3 Å². The van der Waals surface area contributed by atoms with Crippen LogP contribution >= 0.6 is 0 Å². The van der Waals surface area contributed by atoms with Crippen molar-refractivity contribution in [2.24, 2.45) is 0 Å². The predicted molar refractivity (Wildman–Crippen MR) is 56.6 cm³/mol. The van der Waals surface area contributed by atoms with E-state index in [2.05, 4.69) is 0 Å². The van der Waals surface area contributed by atoms with Crippen LogP contribution in [-0.2, 0) is 0 Å². The summed E-state index contributed by atoms with van der Waals surface area (Å²) < 4.78 is 5.51. The molecule has 0 aliphatic heterocycles. The SMILES string of the molecule is Oc1ccc(OC2=CCC(O)C=C2)cc1. The van der Waals surface area contributed by atoms with E-state index in [4.69, 9.17) is 9.84 Å². The number of rotatable bonds is 2. The molecule has 0 saturated heterocycles. The normalized spacial score (nSPS) is 19.8. The van der Waals surface area contributed by atoms with E-state index in [0.29, 0.717) is 17.9 Å². The third-order valence-corrected chi connectivity index (χ3v) is 2.12. The van der Waals surface area contributed by atoms with Crippen LogP contribution in [0, 0.1) is 0 Å². The molecule has 0 fully saturated rings. The van der Waals surface area contributed by atoms with E-state index >= 15 is 0 Å². The van der Waals surface area contributed by atoms with E-state index in [9.17, 15) is 5.11 Å². The average Bonchev–Trinajstić information content (AvgIpc) is 2.25. The molecule has 0 saturated carbocycles. The van der Waals surface area contributed by atoms with Gasteiger partial charge in [0.25, 0.3) is 0 Å². The van der Waals surface area contributed by atoms with Crippen molar-refractivity contribution in [3.63, 3.8) is 0 Å². The van der Waals surface area contributed by atoms with Crippen LogP contribution in [0.4, 0.5) is 0 Å². The Morgan fingerprint density at radius 2 is 1.93 bits per heavy atom. The Kier molecular flexibility index (Phi) is 2.74. The molecule has 15 heavy (non-hydrogen) atoms. The maximum absolute atomic E-state index is 9.21. The fourth-order valence-corrected chi connectivity index (χ4v) is 1.32. The lowest BCUT2D eigenvalue weighted by molar-refractivity contribution is 0.222. The first-order valence-corrected chi connectivity index (χ1v) is 4.77. The monoisotopic (exact) mass is 204 g/mol. The number of phenols is 1. The molecule has 0 heterocycles. The Balaban J connectivity index is 2.04. The highest BCUT2D eigenvalue weighted by atomic mass is 16.5. The highest BCUT2D eigenvalue weighted by Crippen LogP contribution is 2.20. The third kappa shape index (κ3) is 2.60. The molecule has 2 rings (SSSR count). The number of aliphatic hydroxyl groups is 1. The van der Waals surface area contributed by atoms with Crippen LogP contribution in [0.25, 0.3) is 0 Å². The first kappa shape index (κ1) is 9.80. The number of benzene rings is 1. The van der Waals surface area contributed by atoms with Crippen LogP contribution in [0.1, 0.15) is 6.42 Å². The van der Waals surface area contributed by atoms with Crippen molar-refractivity contribution in [2.45, 2.75) is 12.5 Å². The molecule has 0 aromatic heterocycles.